The normalized spacial score (nSPS) is 18.0. The highest BCUT2D eigenvalue weighted by atomic mass is 31.2. The van der Waals surface area contributed by atoms with Gasteiger partial charge in [-0.1, -0.05) is 139 Å². The standard InChI is InChI=1S/C43H74NO8P/c1-3-5-7-9-11-13-14-15-16-17-18-19-21-23-27-31-36-48-38-40(39-50-53(46,47)49-37-35-44)51-43(45)34-30-26-25-29-33-42-41(52-42)32-28-24-22-20-12-10-8-6-4-2/h6,8,12,20-21,23-25,28-29,31,36,40-42H,3-5,7,9-11,13-19,22,26-27,30,32-35,37-39,44H2,1-2H3,(H,46,47)/b8-6-,20-12-,23-21-,28-24-,29-25-,36-31-. The largest absolute Gasteiger partial charge is 0.498 e. The third-order valence-electron chi connectivity index (χ3n) is 8.60. The van der Waals surface area contributed by atoms with Gasteiger partial charge in [-0.3, -0.25) is 13.8 Å². The summed E-state index contributed by atoms with van der Waals surface area (Å²) >= 11 is 0. The lowest BCUT2D eigenvalue weighted by atomic mass is 10.1. The van der Waals surface area contributed by atoms with Crippen molar-refractivity contribution >= 4 is 13.8 Å². The van der Waals surface area contributed by atoms with Gasteiger partial charge in [0.2, 0.25) is 0 Å². The molecule has 0 bridgehead atoms. The quantitative estimate of drug-likeness (QED) is 0.0159. The first-order chi connectivity index (χ1) is 25.9. The monoisotopic (exact) mass is 764 g/mol. The number of carbonyl (C=O) groups excluding carboxylic acids is 1. The Balaban J connectivity index is 2.25. The van der Waals surface area contributed by atoms with E-state index in [-0.39, 0.29) is 45.0 Å². The fraction of sp³-hybridized carbons (Fsp3) is 0.698. The van der Waals surface area contributed by atoms with Gasteiger partial charge in [0.15, 0.2) is 6.10 Å². The van der Waals surface area contributed by atoms with Crippen LogP contribution in [0.2, 0.25) is 0 Å². The fourth-order valence-corrected chi connectivity index (χ4v) is 6.26. The van der Waals surface area contributed by atoms with Crippen molar-refractivity contribution in [3.05, 3.63) is 73.1 Å². The summed E-state index contributed by atoms with van der Waals surface area (Å²) in [7, 11) is -4.32. The van der Waals surface area contributed by atoms with Crippen LogP contribution in [0.1, 0.15) is 149 Å². The molecule has 9 nitrogen and oxygen atoms in total. The summed E-state index contributed by atoms with van der Waals surface area (Å²) in [5.74, 6) is -0.426. The molecule has 10 heteroatoms. The van der Waals surface area contributed by atoms with Gasteiger partial charge < -0.3 is 24.8 Å². The average Bonchev–Trinajstić information content (AvgIpc) is 3.90. The molecule has 1 rings (SSSR count). The molecule has 53 heavy (non-hydrogen) atoms. The Bertz CT molecular complexity index is 1100. The third kappa shape index (κ3) is 32.9. The summed E-state index contributed by atoms with van der Waals surface area (Å²) in [6.45, 7) is 3.98. The van der Waals surface area contributed by atoms with Gasteiger partial charge in [0.25, 0.3) is 0 Å². The van der Waals surface area contributed by atoms with Crippen molar-refractivity contribution < 1.29 is 37.5 Å². The number of hydrogen-bond donors (Lipinski definition) is 2. The predicted molar refractivity (Wildman–Crippen MR) is 218 cm³/mol. The predicted octanol–water partition coefficient (Wildman–Crippen LogP) is 11.3. The smallest absolute Gasteiger partial charge is 0.472 e. The van der Waals surface area contributed by atoms with Crippen LogP contribution < -0.4 is 5.73 Å². The second kappa shape index (κ2) is 35.4. The summed E-state index contributed by atoms with van der Waals surface area (Å²) in [5.41, 5.74) is 5.35. The molecule has 0 saturated carbocycles. The molecule has 1 aliphatic rings. The Morgan fingerprint density at radius 3 is 1.91 bits per heavy atom. The van der Waals surface area contributed by atoms with E-state index in [0.717, 1.165) is 51.4 Å². The Morgan fingerprint density at radius 2 is 1.25 bits per heavy atom. The molecular formula is C43H74NO8P. The molecule has 1 saturated heterocycles. The van der Waals surface area contributed by atoms with E-state index >= 15 is 0 Å². The van der Waals surface area contributed by atoms with Crippen LogP contribution in [0.5, 0.6) is 0 Å². The first-order valence-corrected chi connectivity index (χ1v) is 22.1. The lowest BCUT2D eigenvalue weighted by Crippen LogP contribution is -2.27. The van der Waals surface area contributed by atoms with Crippen LogP contribution in [-0.2, 0) is 32.6 Å². The minimum absolute atomic E-state index is 0.0213. The zero-order chi connectivity index (χ0) is 38.5. The van der Waals surface area contributed by atoms with Gasteiger partial charge in [-0.25, -0.2) is 4.57 Å². The van der Waals surface area contributed by atoms with Crippen LogP contribution in [0.4, 0.5) is 0 Å². The van der Waals surface area contributed by atoms with E-state index in [1.165, 1.54) is 70.6 Å². The van der Waals surface area contributed by atoms with Gasteiger partial charge in [0, 0.05) is 13.0 Å². The van der Waals surface area contributed by atoms with E-state index in [1.807, 2.05) is 6.08 Å². The maximum atomic E-state index is 12.6. The minimum Gasteiger partial charge on any atom is -0.498 e. The molecule has 1 heterocycles. The van der Waals surface area contributed by atoms with Gasteiger partial charge in [-0.05, 0) is 70.3 Å². The van der Waals surface area contributed by atoms with E-state index in [1.54, 1.807) is 6.26 Å². The van der Waals surface area contributed by atoms with Gasteiger partial charge >= 0.3 is 13.8 Å². The van der Waals surface area contributed by atoms with Gasteiger partial charge in [-0.15, -0.1) is 0 Å². The summed E-state index contributed by atoms with van der Waals surface area (Å²) in [5, 5.41) is 0. The maximum Gasteiger partial charge on any atom is 0.472 e. The van der Waals surface area contributed by atoms with E-state index < -0.39 is 19.9 Å². The summed E-state index contributed by atoms with van der Waals surface area (Å²) in [6, 6.07) is 0. The van der Waals surface area contributed by atoms with Crippen molar-refractivity contribution in [3.8, 4) is 0 Å². The number of epoxide rings is 1. The van der Waals surface area contributed by atoms with Crippen LogP contribution in [0.15, 0.2) is 73.1 Å². The molecule has 4 unspecified atom stereocenters. The topological polar surface area (TPSA) is 130 Å². The summed E-state index contributed by atoms with van der Waals surface area (Å²) < 4.78 is 38.8. The Morgan fingerprint density at radius 1 is 0.698 bits per heavy atom. The van der Waals surface area contributed by atoms with Gasteiger partial charge in [-0.2, -0.15) is 0 Å². The number of ether oxygens (including phenoxy) is 3. The highest BCUT2D eigenvalue weighted by molar-refractivity contribution is 7.47. The van der Waals surface area contributed by atoms with Crippen molar-refractivity contribution in [2.45, 2.75) is 167 Å². The number of unbranched alkanes of at least 4 members (excludes halogenated alkanes) is 12. The van der Waals surface area contributed by atoms with E-state index in [9.17, 15) is 14.3 Å². The number of phosphoric acid groups is 1. The molecule has 0 radical (unpaired) electrons. The molecule has 0 amide bonds. The number of hydrogen-bond acceptors (Lipinski definition) is 8. The minimum atomic E-state index is -4.32. The number of allylic oxidation sites excluding steroid dienone is 9. The van der Waals surface area contributed by atoms with Crippen molar-refractivity contribution in [1.29, 1.82) is 0 Å². The molecule has 0 aromatic rings. The average molecular weight is 764 g/mol. The highest BCUT2D eigenvalue weighted by Gasteiger charge is 2.36. The summed E-state index contributed by atoms with van der Waals surface area (Å²) in [4.78, 5) is 22.4. The second-order valence-corrected chi connectivity index (χ2v) is 15.0. The lowest BCUT2D eigenvalue weighted by Gasteiger charge is -2.19. The van der Waals surface area contributed by atoms with E-state index in [2.05, 4.69) is 74.6 Å². The number of carbonyl (C=O) groups is 1. The van der Waals surface area contributed by atoms with E-state index in [0.29, 0.717) is 6.42 Å². The highest BCUT2D eigenvalue weighted by Crippen LogP contribution is 2.43. The molecular weight excluding hydrogens is 689 g/mol. The number of rotatable bonds is 37. The van der Waals surface area contributed by atoms with Crippen LogP contribution in [0, 0.1) is 0 Å². The molecule has 3 N–H and O–H groups in total. The molecule has 1 aliphatic heterocycles. The molecule has 0 aromatic heterocycles. The molecule has 0 spiro atoms. The van der Waals surface area contributed by atoms with Crippen LogP contribution in [0.25, 0.3) is 0 Å². The number of esters is 1. The van der Waals surface area contributed by atoms with Crippen molar-refractivity contribution in [1.82, 2.24) is 0 Å². The number of phosphoric ester groups is 1. The fourth-order valence-electron chi connectivity index (χ4n) is 5.49. The number of nitrogens with two attached hydrogens (primary N) is 1. The van der Waals surface area contributed by atoms with Gasteiger partial charge in [0.05, 0.1) is 31.7 Å². The van der Waals surface area contributed by atoms with Crippen LogP contribution in [-0.4, -0.2) is 55.5 Å². The third-order valence-corrected chi connectivity index (χ3v) is 9.59. The van der Waals surface area contributed by atoms with Crippen molar-refractivity contribution in [3.63, 3.8) is 0 Å². The lowest BCUT2D eigenvalue weighted by molar-refractivity contribution is -0.153. The maximum absolute atomic E-state index is 12.6. The zero-order valence-corrected chi connectivity index (χ0v) is 34.1. The molecule has 0 aromatic carbocycles. The molecule has 0 aliphatic carbocycles. The Kier molecular flexibility index (Phi) is 32.6. The van der Waals surface area contributed by atoms with Crippen molar-refractivity contribution in [2.75, 3.05) is 26.4 Å². The Labute approximate surface area is 322 Å². The van der Waals surface area contributed by atoms with Crippen LogP contribution >= 0.6 is 7.82 Å². The molecule has 4 atom stereocenters. The zero-order valence-electron chi connectivity index (χ0n) is 33.2. The molecule has 1 fully saturated rings. The van der Waals surface area contributed by atoms with E-state index in [4.69, 9.17) is 29.0 Å². The summed E-state index contributed by atoms with van der Waals surface area (Å²) in [6.07, 6.45) is 47.7. The van der Waals surface area contributed by atoms with Crippen LogP contribution in [0.3, 0.4) is 0 Å². The first-order valence-electron chi connectivity index (χ1n) is 20.6. The Hall–Kier alpha value is -2.26. The SMILES string of the molecule is CC/C=C\C/C=C\C/C=C\CC1OC1C/C=C\CCCC(=O)OC(CO/C=C\C/C=C\CCCCCCCCCCCCC)COP(=O)(O)OCCN. The first kappa shape index (κ1) is 48.8. The van der Waals surface area contributed by atoms with Crippen molar-refractivity contribution in [2.24, 2.45) is 5.73 Å². The molecule has 304 valence electrons. The second-order valence-electron chi connectivity index (χ2n) is 13.6. The van der Waals surface area contributed by atoms with Gasteiger partial charge in [0.1, 0.15) is 6.61 Å².